The molecule has 0 aromatic heterocycles. The molecule has 2 amide bonds. The van der Waals surface area contributed by atoms with E-state index in [0.29, 0.717) is 6.54 Å². The molecule has 120 valence electrons. The van der Waals surface area contributed by atoms with Crippen LogP contribution in [-0.4, -0.2) is 23.3 Å². The number of benzene rings is 2. The van der Waals surface area contributed by atoms with Gasteiger partial charge < -0.3 is 10.2 Å². The predicted octanol–water partition coefficient (Wildman–Crippen LogP) is 2.95. The Kier molecular flexibility index (Phi) is 5.41. The second-order valence-corrected chi connectivity index (χ2v) is 4.88. The van der Waals surface area contributed by atoms with Gasteiger partial charge in [0.05, 0.1) is 5.69 Å². The second kappa shape index (κ2) is 7.49. The Morgan fingerprint density at radius 3 is 2.43 bits per heavy atom. The van der Waals surface area contributed by atoms with Crippen molar-refractivity contribution in [3.63, 3.8) is 0 Å². The third-order valence-corrected chi connectivity index (χ3v) is 3.26. The van der Waals surface area contributed by atoms with Gasteiger partial charge in [-0.15, -0.1) is 0 Å². The molecule has 0 spiro atoms. The van der Waals surface area contributed by atoms with Crippen LogP contribution in [0.2, 0.25) is 0 Å². The molecule has 0 heterocycles. The van der Waals surface area contributed by atoms with Gasteiger partial charge in [-0.1, -0.05) is 30.3 Å². The molecule has 1 N–H and O–H groups in total. The lowest BCUT2D eigenvalue weighted by molar-refractivity contribution is -0.143. The number of hydrogen-bond acceptors (Lipinski definition) is 2. The SMILES string of the molecule is CCN(Cc1ccccc1)C(=O)C(=O)Nc1cc(F)ccc1F. The van der Waals surface area contributed by atoms with Gasteiger partial charge in [-0.2, -0.15) is 0 Å². The lowest BCUT2D eigenvalue weighted by Gasteiger charge is -2.20. The van der Waals surface area contributed by atoms with Gasteiger partial charge in [-0.3, -0.25) is 9.59 Å². The lowest BCUT2D eigenvalue weighted by atomic mass is 10.2. The molecule has 0 radical (unpaired) electrons. The van der Waals surface area contributed by atoms with Crippen LogP contribution in [0.4, 0.5) is 14.5 Å². The molecule has 0 saturated heterocycles. The molecule has 4 nitrogen and oxygen atoms in total. The van der Waals surface area contributed by atoms with Crippen LogP contribution in [0.25, 0.3) is 0 Å². The van der Waals surface area contributed by atoms with Crippen LogP contribution < -0.4 is 5.32 Å². The van der Waals surface area contributed by atoms with Crippen molar-refractivity contribution in [2.24, 2.45) is 0 Å². The van der Waals surface area contributed by atoms with E-state index in [9.17, 15) is 18.4 Å². The van der Waals surface area contributed by atoms with Gasteiger partial charge in [0.25, 0.3) is 0 Å². The molecule has 2 aromatic rings. The van der Waals surface area contributed by atoms with Gasteiger partial charge in [-0.25, -0.2) is 8.78 Å². The van der Waals surface area contributed by atoms with Crippen molar-refractivity contribution >= 4 is 17.5 Å². The van der Waals surface area contributed by atoms with E-state index in [0.717, 1.165) is 23.8 Å². The number of halogens is 2. The standard InChI is InChI=1S/C17H16F2N2O2/c1-2-21(11-12-6-4-3-5-7-12)17(23)16(22)20-15-10-13(18)8-9-14(15)19/h3-10H,2,11H2,1H3,(H,20,22). The Hall–Kier alpha value is -2.76. The van der Waals surface area contributed by atoms with Crippen LogP contribution in [0.1, 0.15) is 12.5 Å². The van der Waals surface area contributed by atoms with Crippen LogP contribution >= 0.6 is 0 Å². The number of hydrogen-bond donors (Lipinski definition) is 1. The summed E-state index contributed by atoms with van der Waals surface area (Å²) in [6, 6.07) is 11.8. The van der Waals surface area contributed by atoms with Crippen LogP contribution in [0.5, 0.6) is 0 Å². The Balaban J connectivity index is 2.08. The van der Waals surface area contributed by atoms with Crippen molar-refractivity contribution in [2.75, 3.05) is 11.9 Å². The Morgan fingerprint density at radius 1 is 1.09 bits per heavy atom. The molecule has 2 rings (SSSR count). The summed E-state index contributed by atoms with van der Waals surface area (Å²) < 4.78 is 26.6. The Labute approximate surface area is 132 Å². The van der Waals surface area contributed by atoms with Crippen LogP contribution in [0.3, 0.4) is 0 Å². The maximum atomic E-state index is 13.5. The van der Waals surface area contributed by atoms with Crippen molar-refractivity contribution in [3.05, 3.63) is 65.7 Å². The maximum Gasteiger partial charge on any atom is 0.313 e. The van der Waals surface area contributed by atoms with Crippen molar-refractivity contribution in [1.29, 1.82) is 0 Å². The van der Waals surface area contributed by atoms with E-state index < -0.39 is 23.4 Å². The molecule has 0 saturated carbocycles. The van der Waals surface area contributed by atoms with Crippen molar-refractivity contribution < 1.29 is 18.4 Å². The average molecular weight is 318 g/mol. The van der Waals surface area contributed by atoms with Gasteiger partial charge in [0.1, 0.15) is 11.6 Å². The first-order chi connectivity index (χ1) is 11.0. The van der Waals surface area contributed by atoms with Gasteiger partial charge in [0, 0.05) is 19.2 Å². The van der Waals surface area contributed by atoms with Crippen molar-refractivity contribution in [1.82, 2.24) is 4.90 Å². The molecule has 23 heavy (non-hydrogen) atoms. The molecule has 2 aromatic carbocycles. The summed E-state index contributed by atoms with van der Waals surface area (Å²) in [5, 5.41) is 2.11. The molecule has 0 unspecified atom stereocenters. The first-order valence-corrected chi connectivity index (χ1v) is 7.10. The third-order valence-electron chi connectivity index (χ3n) is 3.26. The highest BCUT2D eigenvalue weighted by molar-refractivity contribution is 6.39. The minimum Gasteiger partial charge on any atom is -0.330 e. The highest BCUT2D eigenvalue weighted by Gasteiger charge is 2.22. The van der Waals surface area contributed by atoms with E-state index >= 15 is 0 Å². The molecule has 0 aliphatic carbocycles. The zero-order valence-electron chi connectivity index (χ0n) is 12.6. The van der Waals surface area contributed by atoms with Gasteiger partial charge in [0.15, 0.2) is 0 Å². The molecular formula is C17H16F2N2O2. The number of nitrogens with zero attached hydrogens (tertiary/aromatic N) is 1. The summed E-state index contributed by atoms with van der Waals surface area (Å²) in [6.45, 7) is 2.30. The quantitative estimate of drug-likeness (QED) is 0.881. The number of amides is 2. The summed E-state index contributed by atoms with van der Waals surface area (Å²) in [4.78, 5) is 25.5. The van der Waals surface area contributed by atoms with E-state index in [-0.39, 0.29) is 12.2 Å². The summed E-state index contributed by atoms with van der Waals surface area (Å²) in [7, 11) is 0. The molecule has 0 bridgehead atoms. The Bertz CT molecular complexity index is 705. The molecule has 0 fully saturated rings. The minimum atomic E-state index is -1.01. The predicted molar refractivity (Wildman–Crippen MR) is 82.5 cm³/mol. The van der Waals surface area contributed by atoms with E-state index in [4.69, 9.17) is 0 Å². The summed E-state index contributed by atoms with van der Waals surface area (Å²) >= 11 is 0. The van der Waals surface area contributed by atoms with Crippen LogP contribution in [0, 0.1) is 11.6 Å². The molecule has 0 aliphatic rings. The Morgan fingerprint density at radius 2 is 1.78 bits per heavy atom. The summed E-state index contributed by atoms with van der Waals surface area (Å²) in [5.74, 6) is -3.32. The number of nitrogens with one attached hydrogen (secondary N) is 1. The lowest BCUT2D eigenvalue weighted by Crippen LogP contribution is -2.39. The fraction of sp³-hybridized carbons (Fsp3) is 0.176. The maximum absolute atomic E-state index is 13.5. The van der Waals surface area contributed by atoms with Crippen molar-refractivity contribution in [2.45, 2.75) is 13.5 Å². The first kappa shape index (κ1) is 16.6. The summed E-state index contributed by atoms with van der Waals surface area (Å²) in [5.41, 5.74) is 0.506. The molecule has 0 atom stereocenters. The highest BCUT2D eigenvalue weighted by Crippen LogP contribution is 2.15. The second-order valence-electron chi connectivity index (χ2n) is 4.88. The molecule has 6 heteroatoms. The topological polar surface area (TPSA) is 49.4 Å². The number of carbonyl (C=O) groups excluding carboxylic acids is 2. The van der Waals surface area contributed by atoms with Gasteiger partial charge in [0.2, 0.25) is 0 Å². The monoisotopic (exact) mass is 318 g/mol. The van der Waals surface area contributed by atoms with E-state index in [1.54, 1.807) is 6.92 Å². The molecule has 0 aliphatic heterocycles. The van der Waals surface area contributed by atoms with E-state index in [1.807, 2.05) is 30.3 Å². The number of anilines is 1. The minimum absolute atomic E-state index is 0.259. The number of rotatable bonds is 4. The zero-order valence-corrected chi connectivity index (χ0v) is 12.6. The molecular weight excluding hydrogens is 302 g/mol. The number of likely N-dealkylation sites (N-methyl/N-ethyl adjacent to an activating group) is 1. The van der Waals surface area contributed by atoms with Crippen LogP contribution in [-0.2, 0) is 16.1 Å². The van der Waals surface area contributed by atoms with E-state index in [1.165, 1.54) is 4.90 Å². The first-order valence-electron chi connectivity index (χ1n) is 7.10. The average Bonchev–Trinajstić information content (AvgIpc) is 2.56. The fourth-order valence-corrected chi connectivity index (χ4v) is 2.04. The van der Waals surface area contributed by atoms with Gasteiger partial charge in [-0.05, 0) is 24.6 Å². The zero-order chi connectivity index (χ0) is 16.8. The van der Waals surface area contributed by atoms with Gasteiger partial charge >= 0.3 is 11.8 Å². The van der Waals surface area contributed by atoms with E-state index in [2.05, 4.69) is 5.32 Å². The fourth-order valence-electron chi connectivity index (χ4n) is 2.04. The third kappa shape index (κ3) is 4.35. The smallest absolute Gasteiger partial charge is 0.313 e. The number of carbonyl (C=O) groups is 2. The van der Waals surface area contributed by atoms with Crippen LogP contribution in [0.15, 0.2) is 48.5 Å². The summed E-state index contributed by atoms with van der Waals surface area (Å²) in [6.07, 6.45) is 0. The highest BCUT2D eigenvalue weighted by atomic mass is 19.1. The van der Waals surface area contributed by atoms with Crippen molar-refractivity contribution in [3.8, 4) is 0 Å². The normalized spacial score (nSPS) is 10.2. The largest absolute Gasteiger partial charge is 0.330 e.